The summed E-state index contributed by atoms with van der Waals surface area (Å²) in [5.41, 5.74) is 0.0704. The number of hydrogen-bond donors (Lipinski definition) is 4. The Hall–Kier alpha value is -2.50. The molecule has 208 valence electrons. The minimum atomic E-state index is -1.46. The second-order valence-corrected chi connectivity index (χ2v) is 11.2. The third kappa shape index (κ3) is 4.23. The number of ether oxygens (including phenoxy) is 4. The van der Waals surface area contributed by atoms with Crippen LogP contribution in [0.5, 0.6) is 0 Å². The van der Waals surface area contributed by atoms with E-state index >= 15 is 0 Å². The van der Waals surface area contributed by atoms with E-state index in [2.05, 4.69) is 4.98 Å². The van der Waals surface area contributed by atoms with Crippen molar-refractivity contribution < 1.29 is 43.9 Å². The van der Waals surface area contributed by atoms with Crippen LogP contribution < -0.4 is 0 Å². The van der Waals surface area contributed by atoms with Gasteiger partial charge in [-0.2, -0.15) is 0 Å². The summed E-state index contributed by atoms with van der Waals surface area (Å²) in [5.74, 6) is -3.29. The van der Waals surface area contributed by atoms with Crippen molar-refractivity contribution >= 4 is 11.9 Å². The molecule has 38 heavy (non-hydrogen) atoms. The molecule has 1 aromatic rings. The van der Waals surface area contributed by atoms with Crippen LogP contribution in [0.15, 0.2) is 42.1 Å². The lowest BCUT2D eigenvalue weighted by atomic mass is 9.57. The molecule has 10 nitrogen and oxygen atoms in total. The van der Waals surface area contributed by atoms with Gasteiger partial charge in [0.25, 0.3) is 0 Å². The number of carbonyl (C=O) groups is 2. The van der Waals surface area contributed by atoms with Gasteiger partial charge in [-0.3, -0.25) is 0 Å². The van der Waals surface area contributed by atoms with Gasteiger partial charge in [0.1, 0.15) is 35.7 Å². The molecule has 1 saturated carbocycles. The third-order valence-corrected chi connectivity index (χ3v) is 8.91. The Kier molecular flexibility index (Phi) is 7.30. The van der Waals surface area contributed by atoms with Gasteiger partial charge in [-0.25, -0.2) is 9.59 Å². The molecule has 12 unspecified atom stereocenters. The van der Waals surface area contributed by atoms with E-state index in [1.807, 2.05) is 39.0 Å². The number of aromatic amines is 1. The Morgan fingerprint density at radius 3 is 2.74 bits per heavy atom. The van der Waals surface area contributed by atoms with Crippen molar-refractivity contribution in [3.63, 3.8) is 0 Å². The number of esters is 2. The number of aromatic nitrogens is 1. The summed E-state index contributed by atoms with van der Waals surface area (Å²) in [5, 5.41) is 33.2. The number of methoxy groups -OCH3 is 1. The van der Waals surface area contributed by atoms with Crippen molar-refractivity contribution in [2.75, 3.05) is 13.7 Å². The monoisotopic (exact) mass is 531 g/mol. The molecule has 3 heterocycles. The highest BCUT2D eigenvalue weighted by molar-refractivity contribution is 5.87. The summed E-state index contributed by atoms with van der Waals surface area (Å²) in [6.07, 6.45) is 1.81. The molecule has 2 fully saturated rings. The molecule has 12 atom stereocenters. The van der Waals surface area contributed by atoms with E-state index in [0.29, 0.717) is 5.69 Å². The van der Waals surface area contributed by atoms with Crippen molar-refractivity contribution in [1.82, 2.24) is 4.98 Å². The summed E-state index contributed by atoms with van der Waals surface area (Å²) in [6, 6.07) is 3.34. The van der Waals surface area contributed by atoms with E-state index in [4.69, 9.17) is 18.9 Å². The molecule has 0 amide bonds. The fraction of sp³-hybridized carbons (Fsp3) is 0.643. The normalized spacial score (nSPS) is 43.0. The van der Waals surface area contributed by atoms with Gasteiger partial charge in [-0.05, 0) is 31.1 Å². The largest absolute Gasteiger partial charge is 0.457 e. The molecule has 1 saturated heterocycles. The number of hydrogen-bond acceptors (Lipinski definition) is 9. The SMILES string of the molecule is COCC(O)C1OC(=O)C(O)CC2C=CC3C4OC2(C(C)=CC1C)C3C(O)C(C)C4OC(=O)c1ccc[nH]1. The Labute approximate surface area is 221 Å². The van der Waals surface area contributed by atoms with Crippen LogP contribution in [0.3, 0.4) is 0 Å². The highest BCUT2D eigenvalue weighted by atomic mass is 16.6. The van der Waals surface area contributed by atoms with Crippen LogP contribution >= 0.6 is 0 Å². The molecule has 4 N–H and O–H groups in total. The zero-order valence-corrected chi connectivity index (χ0v) is 22.0. The number of rotatable bonds is 5. The Bertz CT molecular complexity index is 1100. The van der Waals surface area contributed by atoms with Gasteiger partial charge in [0.2, 0.25) is 0 Å². The zero-order chi connectivity index (χ0) is 27.4. The molecule has 2 aliphatic heterocycles. The fourth-order valence-corrected chi connectivity index (χ4v) is 7.12. The molecule has 2 aliphatic carbocycles. The van der Waals surface area contributed by atoms with Crippen LogP contribution in [-0.2, 0) is 23.7 Å². The minimum Gasteiger partial charge on any atom is -0.457 e. The first kappa shape index (κ1) is 27.1. The molecular weight excluding hydrogens is 494 g/mol. The van der Waals surface area contributed by atoms with E-state index in [1.165, 1.54) is 7.11 Å². The maximum Gasteiger partial charge on any atom is 0.355 e. The number of cyclic esters (lactones) is 1. The molecule has 0 radical (unpaired) electrons. The third-order valence-electron chi connectivity index (χ3n) is 8.91. The molecule has 1 spiro atoms. The van der Waals surface area contributed by atoms with Crippen molar-refractivity contribution in [2.24, 2.45) is 29.6 Å². The van der Waals surface area contributed by atoms with Crippen LogP contribution in [0.2, 0.25) is 0 Å². The highest BCUT2D eigenvalue weighted by Crippen LogP contribution is 2.61. The summed E-state index contributed by atoms with van der Waals surface area (Å²) in [7, 11) is 1.44. The maximum absolute atomic E-state index is 12.9. The lowest BCUT2D eigenvalue weighted by molar-refractivity contribution is -0.172. The molecule has 1 aromatic heterocycles. The summed E-state index contributed by atoms with van der Waals surface area (Å²) >= 11 is 0. The second kappa shape index (κ2) is 10.2. The van der Waals surface area contributed by atoms with Crippen LogP contribution in [0.1, 0.15) is 37.7 Å². The smallest absolute Gasteiger partial charge is 0.355 e. The Balaban J connectivity index is 1.55. The lowest BCUT2D eigenvalue weighted by Crippen LogP contribution is -2.57. The number of H-pyrrole nitrogens is 1. The Morgan fingerprint density at radius 2 is 2.05 bits per heavy atom. The van der Waals surface area contributed by atoms with Gasteiger partial charge in [0.15, 0.2) is 6.10 Å². The average Bonchev–Trinajstić information content (AvgIpc) is 3.48. The van der Waals surface area contributed by atoms with Gasteiger partial charge >= 0.3 is 11.9 Å². The number of aliphatic hydroxyl groups excluding tert-OH is 3. The lowest BCUT2D eigenvalue weighted by Gasteiger charge is -2.48. The zero-order valence-electron chi connectivity index (χ0n) is 22.0. The predicted molar refractivity (Wildman–Crippen MR) is 134 cm³/mol. The van der Waals surface area contributed by atoms with Crippen molar-refractivity contribution in [3.05, 3.63) is 47.8 Å². The summed E-state index contributed by atoms with van der Waals surface area (Å²) < 4.78 is 23.4. The molecule has 4 bridgehead atoms. The Morgan fingerprint density at radius 1 is 1.29 bits per heavy atom. The van der Waals surface area contributed by atoms with Gasteiger partial charge in [-0.1, -0.05) is 32.1 Å². The molecular formula is C28H37NO9. The number of carbonyl (C=O) groups excluding carboxylic acids is 2. The van der Waals surface area contributed by atoms with E-state index < -0.39 is 71.9 Å². The van der Waals surface area contributed by atoms with E-state index in [-0.39, 0.29) is 24.9 Å². The van der Waals surface area contributed by atoms with Crippen LogP contribution in [0, 0.1) is 29.6 Å². The van der Waals surface area contributed by atoms with E-state index in [1.54, 1.807) is 18.3 Å². The van der Waals surface area contributed by atoms with Crippen LogP contribution in [0.4, 0.5) is 0 Å². The summed E-state index contributed by atoms with van der Waals surface area (Å²) in [6.45, 7) is 5.53. The molecule has 5 rings (SSSR count). The quantitative estimate of drug-likeness (QED) is 0.327. The first-order chi connectivity index (χ1) is 18.1. The van der Waals surface area contributed by atoms with Crippen molar-refractivity contribution in [3.8, 4) is 0 Å². The van der Waals surface area contributed by atoms with Crippen LogP contribution in [0.25, 0.3) is 0 Å². The topological polar surface area (TPSA) is 148 Å². The second-order valence-electron chi connectivity index (χ2n) is 11.2. The van der Waals surface area contributed by atoms with Gasteiger partial charge in [0, 0.05) is 42.9 Å². The first-order valence-corrected chi connectivity index (χ1v) is 13.2. The minimum absolute atomic E-state index is 0.00591. The number of aliphatic hydroxyl groups is 3. The molecule has 0 aromatic carbocycles. The van der Waals surface area contributed by atoms with Gasteiger partial charge in [-0.15, -0.1) is 0 Å². The van der Waals surface area contributed by atoms with E-state index in [9.17, 15) is 24.9 Å². The van der Waals surface area contributed by atoms with Crippen molar-refractivity contribution in [1.29, 1.82) is 0 Å². The molecule has 4 aliphatic rings. The first-order valence-electron chi connectivity index (χ1n) is 13.2. The standard InChI is InChI=1S/C28H37NO9/c1-13-10-14(2)28-16(11-19(30)27(34)36-23(13)20(31)12-35-4)7-8-17-21(28)22(32)15(3)24(25(17)38-28)37-26(33)18-6-5-9-29-18/h5-10,13,15-17,19-25,29-32H,11-12H2,1-4H3. The molecule has 10 heteroatoms. The fourth-order valence-electron chi connectivity index (χ4n) is 7.12. The predicted octanol–water partition coefficient (Wildman–Crippen LogP) is 1.37. The van der Waals surface area contributed by atoms with E-state index in [0.717, 1.165) is 5.57 Å². The number of nitrogens with one attached hydrogen (secondary N) is 1. The highest BCUT2D eigenvalue weighted by Gasteiger charge is 2.69. The average molecular weight is 532 g/mol. The van der Waals surface area contributed by atoms with Crippen molar-refractivity contribution in [2.45, 2.75) is 69.4 Å². The maximum atomic E-state index is 12.9. The van der Waals surface area contributed by atoms with Gasteiger partial charge in [0.05, 0.1) is 12.7 Å². The summed E-state index contributed by atoms with van der Waals surface area (Å²) in [4.78, 5) is 28.6. The van der Waals surface area contributed by atoms with Gasteiger partial charge < -0.3 is 39.3 Å². The van der Waals surface area contributed by atoms with Crippen LogP contribution in [-0.4, -0.2) is 88.2 Å².